The third-order valence-electron chi connectivity index (χ3n) is 5.82. The van der Waals surface area contributed by atoms with E-state index in [0.29, 0.717) is 17.6 Å². The molecule has 1 aliphatic rings. The van der Waals surface area contributed by atoms with Gasteiger partial charge in [-0.25, -0.2) is 4.84 Å². The Bertz CT molecular complexity index is 736. The molecule has 3 nitrogen and oxygen atoms in total. The van der Waals surface area contributed by atoms with E-state index in [1.165, 1.54) is 11.1 Å². The zero-order chi connectivity index (χ0) is 19.3. The van der Waals surface area contributed by atoms with Crippen LogP contribution in [0.25, 0.3) is 0 Å². The van der Waals surface area contributed by atoms with E-state index in [2.05, 4.69) is 24.7 Å². The van der Waals surface area contributed by atoms with Crippen LogP contribution in [0.4, 0.5) is 0 Å². The van der Waals surface area contributed by atoms with E-state index in [9.17, 15) is 5.11 Å². The van der Waals surface area contributed by atoms with Gasteiger partial charge in [0, 0.05) is 22.5 Å². The molecule has 1 aliphatic carbocycles. The number of halogens is 1. The molecule has 0 aromatic heterocycles. The van der Waals surface area contributed by atoms with Crippen molar-refractivity contribution in [3.05, 3.63) is 59.7 Å². The molecule has 0 fully saturated rings. The number of hydrogen-bond acceptors (Lipinski definition) is 4. The van der Waals surface area contributed by atoms with Gasteiger partial charge in [-0.1, -0.05) is 38.1 Å². The van der Waals surface area contributed by atoms with Crippen LogP contribution in [0.5, 0.6) is 11.5 Å². The number of fused-ring (bicyclic) bond motifs is 1. The lowest BCUT2D eigenvalue weighted by molar-refractivity contribution is 0.274. The van der Waals surface area contributed by atoms with Crippen molar-refractivity contribution in [2.45, 2.75) is 49.8 Å². The Morgan fingerprint density at radius 1 is 1.19 bits per heavy atom. The largest absolute Gasteiger partial charge is 0.508 e. The fraction of sp³-hybridized carbons (Fsp3) is 0.455. The number of para-hydroxylation sites is 1. The summed E-state index contributed by atoms with van der Waals surface area (Å²) in [5.74, 6) is 2.15. The fourth-order valence-corrected chi connectivity index (χ4v) is 6.08. The van der Waals surface area contributed by atoms with Crippen LogP contribution >= 0.6 is 23.5 Å². The number of thioether (sulfide) groups is 1. The van der Waals surface area contributed by atoms with Crippen LogP contribution in [-0.4, -0.2) is 28.8 Å². The van der Waals surface area contributed by atoms with E-state index >= 15 is 0 Å². The minimum Gasteiger partial charge on any atom is -0.508 e. The van der Waals surface area contributed by atoms with Crippen LogP contribution in [0.15, 0.2) is 48.5 Å². The first-order chi connectivity index (χ1) is 13.1. The number of benzene rings is 2. The van der Waals surface area contributed by atoms with E-state index in [1.807, 2.05) is 48.2 Å². The molecule has 0 saturated carbocycles. The van der Waals surface area contributed by atoms with Crippen molar-refractivity contribution in [1.29, 1.82) is 0 Å². The molecule has 3 rings (SSSR count). The summed E-state index contributed by atoms with van der Waals surface area (Å²) in [4.78, 5) is 3.09. The molecule has 0 spiro atoms. The Hall–Kier alpha value is -1.36. The monoisotopic (exact) mass is 405 g/mol. The molecule has 2 aromatic rings. The molecule has 0 aliphatic heterocycles. The minimum atomic E-state index is -0.0774. The summed E-state index contributed by atoms with van der Waals surface area (Å²) in [6, 6.07) is 15.9. The van der Waals surface area contributed by atoms with Gasteiger partial charge in [-0.2, -0.15) is 11.8 Å². The third-order valence-corrected chi connectivity index (χ3v) is 7.33. The predicted molar refractivity (Wildman–Crippen MR) is 115 cm³/mol. The van der Waals surface area contributed by atoms with Crippen molar-refractivity contribution < 1.29 is 9.84 Å². The SMILES string of the molecule is CCC1(CC)c2cc(O)ccc2CC(SCCOc2ccccc2)C1NCl. The van der Waals surface area contributed by atoms with E-state index in [1.54, 1.807) is 6.07 Å². The topological polar surface area (TPSA) is 41.5 Å². The average molecular weight is 406 g/mol. The first kappa shape index (κ1) is 20.4. The Morgan fingerprint density at radius 3 is 2.59 bits per heavy atom. The third kappa shape index (κ3) is 4.23. The molecule has 0 radical (unpaired) electrons. The molecule has 27 heavy (non-hydrogen) atoms. The lowest BCUT2D eigenvalue weighted by Gasteiger charge is -2.48. The Labute approximate surface area is 171 Å². The van der Waals surface area contributed by atoms with Gasteiger partial charge in [0.15, 0.2) is 0 Å². The maximum atomic E-state index is 10.0. The van der Waals surface area contributed by atoms with Crippen LogP contribution in [0.3, 0.4) is 0 Å². The van der Waals surface area contributed by atoms with Gasteiger partial charge in [-0.15, -0.1) is 0 Å². The van der Waals surface area contributed by atoms with E-state index < -0.39 is 0 Å². The molecule has 146 valence electrons. The van der Waals surface area contributed by atoms with Crippen LogP contribution in [0, 0.1) is 0 Å². The second kappa shape index (κ2) is 9.22. The van der Waals surface area contributed by atoms with Gasteiger partial charge >= 0.3 is 0 Å². The van der Waals surface area contributed by atoms with E-state index in [0.717, 1.165) is 30.8 Å². The van der Waals surface area contributed by atoms with Crippen molar-refractivity contribution in [2.24, 2.45) is 0 Å². The second-order valence-electron chi connectivity index (χ2n) is 7.07. The summed E-state index contributed by atoms with van der Waals surface area (Å²) < 4.78 is 5.85. The van der Waals surface area contributed by atoms with Gasteiger partial charge in [0.2, 0.25) is 0 Å². The summed E-state index contributed by atoms with van der Waals surface area (Å²) in [5.41, 5.74) is 2.48. The quantitative estimate of drug-likeness (QED) is 0.462. The van der Waals surface area contributed by atoms with Gasteiger partial charge in [0.25, 0.3) is 0 Å². The fourth-order valence-electron chi connectivity index (χ4n) is 4.34. The van der Waals surface area contributed by atoms with Crippen LogP contribution < -0.4 is 9.57 Å². The molecule has 0 saturated heterocycles. The molecule has 0 bridgehead atoms. The average Bonchev–Trinajstić information content (AvgIpc) is 2.71. The summed E-state index contributed by atoms with van der Waals surface area (Å²) in [7, 11) is 0. The van der Waals surface area contributed by atoms with E-state index in [4.69, 9.17) is 16.5 Å². The van der Waals surface area contributed by atoms with Crippen molar-refractivity contribution in [1.82, 2.24) is 4.84 Å². The second-order valence-corrected chi connectivity index (χ2v) is 8.63. The molecule has 5 heteroatoms. The van der Waals surface area contributed by atoms with Gasteiger partial charge in [0.05, 0.1) is 6.61 Å². The number of aromatic hydroxyl groups is 1. The lowest BCUT2D eigenvalue weighted by Crippen LogP contribution is -2.55. The van der Waals surface area contributed by atoms with Gasteiger partial charge in [-0.3, -0.25) is 0 Å². The van der Waals surface area contributed by atoms with Crippen molar-refractivity contribution >= 4 is 23.5 Å². The highest BCUT2D eigenvalue weighted by Crippen LogP contribution is 2.47. The van der Waals surface area contributed by atoms with Crippen molar-refractivity contribution in [3.8, 4) is 11.5 Å². The number of hydrogen-bond donors (Lipinski definition) is 2. The van der Waals surface area contributed by atoms with Crippen LogP contribution in [-0.2, 0) is 11.8 Å². The summed E-state index contributed by atoms with van der Waals surface area (Å²) in [5, 5.41) is 10.4. The molecule has 0 amide bonds. The molecule has 2 N–H and O–H groups in total. The number of nitrogens with one attached hydrogen (secondary N) is 1. The van der Waals surface area contributed by atoms with Crippen molar-refractivity contribution in [3.63, 3.8) is 0 Å². The molecular weight excluding hydrogens is 378 g/mol. The maximum absolute atomic E-state index is 10.0. The first-order valence-electron chi connectivity index (χ1n) is 9.62. The first-order valence-corrected chi connectivity index (χ1v) is 11.0. The van der Waals surface area contributed by atoms with Gasteiger partial charge < -0.3 is 9.84 Å². The highest BCUT2D eigenvalue weighted by molar-refractivity contribution is 8.00. The molecular formula is C22H28ClNO2S. The maximum Gasteiger partial charge on any atom is 0.119 e. The Balaban J connectivity index is 1.74. The Kier molecular flexibility index (Phi) is 6.96. The number of phenolic OH excluding ortho intramolecular Hbond substituents is 1. The Morgan fingerprint density at radius 2 is 1.93 bits per heavy atom. The lowest BCUT2D eigenvalue weighted by atomic mass is 9.63. The number of ether oxygens (including phenoxy) is 1. The standard InChI is InChI=1S/C22H28ClNO2S/c1-3-22(4-2)19-15-17(25)11-10-16(19)14-20(21(22)24-23)27-13-12-26-18-8-6-5-7-9-18/h5-11,15,20-21,24-25H,3-4,12-14H2,1-2H3. The zero-order valence-electron chi connectivity index (χ0n) is 16.0. The molecule has 2 aromatic carbocycles. The predicted octanol–water partition coefficient (Wildman–Crippen LogP) is 5.30. The van der Waals surface area contributed by atoms with E-state index in [-0.39, 0.29) is 11.5 Å². The number of rotatable bonds is 8. The molecule has 2 unspecified atom stereocenters. The summed E-state index contributed by atoms with van der Waals surface area (Å²) in [6.45, 7) is 5.10. The highest BCUT2D eigenvalue weighted by atomic mass is 35.5. The minimum absolute atomic E-state index is 0.0774. The van der Waals surface area contributed by atoms with Gasteiger partial charge in [0.1, 0.15) is 11.5 Å². The number of phenols is 1. The summed E-state index contributed by atoms with van der Waals surface area (Å²) in [6.07, 6.45) is 2.89. The summed E-state index contributed by atoms with van der Waals surface area (Å²) >= 11 is 8.19. The zero-order valence-corrected chi connectivity index (χ0v) is 17.5. The normalized spacial score (nSPS) is 20.9. The van der Waals surface area contributed by atoms with Crippen LogP contribution in [0.1, 0.15) is 37.8 Å². The van der Waals surface area contributed by atoms with Gasteiger partial charge in [-0.05, 0) is 66.4 Å². The molecule has 2 atom stereocenters. The van der Waals surface area contributed by atoms with Crippen molar-refractivity contribution in [2.75, 3.05) is 12.4 Å². The molecule has 0 heterocycles. The smallest absolute Gasteiger partial charge is 0.119 e. The van der Waals surface area contributed by atoms with Crippen LogP contribution in [0.2, 0.25) is 0 Å². The highest BCUT2D eigenvalue weighted by Gasteiger charge is 2.46.